The standard InChI is InChI=1S/C19H22N2O/c1-21(2)17-11-9-15(10-12-17)18(22)20-19(13-6-14-19)16-7-4-3-5-8-16/h3-5,7-12H,6,13-14H2,1-2H3,(H,20,22). The number of hydrogen-bond donors (Lipinski definition) is 1. The van der Waals surface area contributed by atoms with Gasteiger partial charge in [0.15, 0.2) is 0 Å². The van der Waals surface area contributed by atoms with E-state index in [1.54, 1.807) is 0 Å². The fraction of sp³-hybridized carbons (Fsp3) is 0.316. The van der Waals surface area contributed by atoms with E-state index in [1.807, 2.05) is 61.5 Å². The number of nitrogens with one attached hydrogen (secondary N) is 1. The molecule has 1 fully saturated rings. The van der Waals surface area contributed by atoms with Crippen molar-refractivity contribution in [3.8, 4) is 0 Å². The average molecular weight is 294 g/mol. The maximum atomic E-state index is 12.6. The van der Waals surface area contributed by atoms with E-state index >= 15 is 0 Å². The van der Waals surface area contributed by atoms with E-state index in [1.165, 1.54) is 5.56 Å². The second-order valence-corrected chi connectivity index (χ2v) is 6.20. The molecule has 2 aromatic carbocycles. The van der Waals surface area contributed by atoms with Crippen molar-refractivity contribution in [2.45, 2.75) is 24.8 Å². The molecule has 2 aromatic rings. The van der Waals surface area contributed by atoms with Crippen LogP contribution in [0.1, 0.15) is 35.2 Å². The van der Waals surface area contributed by atoms with Gasteiger partial charge in [-0.3, -0.25) is 4.79 Å². The smallest absolute Gasteiger partial charge is 0.251 e. The van der Waals surface area contributed by atoms with Crippen LogP contribution < -0.4 is 10.2 Å². The molecule has 22 heavy (non-hydrogen) atoms. The number of carbonyl (C=O) groups excluding carboxylic acids is 1. The molecular weight excluding hydrogens is 272 g/mol. The van der Waals surface area contributed by atoms with E-state index in [4.69, 9.17) is 0 Å². The van der Waals surface area contributed by atoms with Crippen LogP contribution in [-0.2, 0) is 5.54 Å². The Balaban J connectivity index is 1.78. The van der Waals surface area contributed by atoms with Gasteiger partial charge in [0, 0.05) is 25.3 Å². The van der Waals surface area contributed by atoms with Gasteiger partial charge in [0.2, 0.25) is 0 Å². The Bertz CT molecular complexity index is 643. The highest BCUT2D eigenvalue weighted by Crippen LogP contribution is 2.41. The lowest BCUT2D eigenvalue weighted by molar-refractivity contribution is 0.0823. The summed E-state index contributed by atoms with van der Waals surface area (Å²) in [7, 11) is 3.99. The fourth-order valence-corrected chi connectivity index (χ4v) is 2.97. The first-order valence-electron chi connectivity index (χ1n) is 7.76. The van der Waals surface area contributed by atoms with Crippen LogP contribution >= 0.6 is 0 Å². The SMILES string of the molecule is CN(C)c1ccc(C(=O)NC2(c3ccccc3)CCC2)cc1. The predicted octanol–water partition coefficient (Wildman–Crippen LogP) is 3.56. The van der Waals surface area contributed by atoms with Gasteiger partial charge in [0.1, 0.15) is 0 Å². The van der Waals surface area contributed by atoms with E-state index < -0.39 is 0 Å². The van der Waals surface area contributed by atoms with Gasteiger partial charge in [-0.1, -0.05) is 30.3 Å². The van der Waals surface area contributed by atoms with E-state index in [9.17, 15) is 4.79 Å². The Morgan fingerprint density at radius 2 is 1.64 bits per heavy atom. The third-order valence-corrected chi connectivity index (χ3v) is 4.53. The number of benzene rings is 2. The second-order valence-electron chi connectivity index (χ2n) is 6.20. The molecule has 1 aliphatic carbocycles. The third kappa shape index (κ3) is 2.71. The Morgan fingerprint density at radius 3 is 2.14 bits per heavy atom. The van der Waals surface area contributed by atoms with Crippen LogP contribution in [0.25, 0.3) is 0 Å². The van der Waals surface area contributed by atoms with Gasteiger partial charge in [0.05, 0.1) is 5.54 Å². The molecule has 1 saturated carbocycles. The molecule has 0 aliphatic heterocycles. The highest BCUT2D eigenvalue weighted by molar-refractivity contribution is 5.95. The lowest BCUT2D eigenvalue weighted by Gasteiger charge is -2.43. The maximum Gasteiger partial charge on any atom is 0.251 e. The zero-order valence-electron chi connectivity index (χ0n) is 13.2. The number of carbonyl (C=O) groups is 1. The molecule has 0 unspecified atom stereocenters. The van der Waals surface area contributed by atoms with Crippen LogP contribution in [0.5, 0.6) is 0 Å². The molecule has 3 nitrogen and oxygen atoms in total. The molecule has 114 valence electrons. The summed E-state index contributed by atoms with van der Waals surface area (Å²) in [5.74, 6) is 0.00820. The van der Waals surface area contributed by atoms with E-state index in [0.717, 1.165) is 24.9 Å². The first-order chi connectivity index (χ1) is 10.6. The lowest BCUT2D eigenvalue weighted by Crippen LogP contribution is -2.50. The van der Waals surface area contributed by atoms with Crippen molar-refractivity contribution in [1.82, 2.24) is 5.32 Å². The Kier molecular flexibility index (Phi) is 3.88. The summed E-state index contributed by atoms with van der Waals surface area (Å²) in [6.45, 7) is 0. The van der Waals surface area contributed by atoms with Crippen molar-refractivity contribution in [2.24, 2.45) is 0 Å². The van der Waals surface area contributed by atoms with Crippen molar-refractivity contribution in [3.05, 3.63) is 65.7 Å². The summed E-state index contributed by atoms with van der Waals surface area (Å²) in [6.07, 6.45) is 3.19. The Morgan fingerprint density at radius 1 is 1.00 bits per heavy atom. The second kappa shape index (κ2) is 5.84. The molecule has 1 N–H and O–H groups in total. The van der Waals surface area contributed by atoms with Gasteiger partial charge in [-0.2, -0.15) is 0 Å². The van der Waals surface area contributed by atoms with Crippen molar-refractivity contribution in [1.29, 1.82) is 0 Å². The predicted molar refractivity (Wildman–Crippen MR) is 90.2 cm³/mol. The number of nitrogens with zero attached hydrogens (tertiary/aromatic N) is 1. The fourth-order valence-electron chi connectivity index (χ4n) is 2.97. The molecule has 0 radical (unpaired) electrons. The van der Waals surface area contributed by atoms with Crippen molar-refractivity contribution in [2.75, 3.05) is 19.0 Å². The van der Waals surface area contributed by atoms with Gasteiger partial charge in [0.25, 0.3) is 5.91 Å². The van der Waals surface area contributed by atoms with E-state index in [0.29, 0.717) is 5.56 Å². The molecule has 0 bridgehead atoms. The first kappa shape index (κ1) is 14.6. The van der Waals surface area contributed by atoms with Crippen LogP contribution in [0.4, 0.5) is 5.69 Å². The van der Waals surface area contributed by atoms with Crippen LogP contribution in [0.2, 0.25) is 0 Å². The Labute approximate surface area is 132 Å². The monoisotopic (exact) mass is 294 g/mol. The lowest BCUT2D eigenvalue weighted by atomic mass is 9.71. The molecule has 0 saturated heterocycles. The number of rotatable bonds is 4. The van der Waals surface area contributed by atoms with Gasteiger partial charge in [-0.05, 0) is 49.1 Å². The molecule has 1 aliphatic rings. The minimum Gasteiger partial charge on any atom is -0.378 e. The molecule has 0 aromatic heterocycles. The topological polar surface area (TPSA) is 32.3 Å². The van der Waals surface area contributed by atoms with Crippen molar-refractivity contribution >= 4 is 11.6 Å². The summed E-state index contributed by atoms with van der Waals surface area (Å²) in [6, 6.07) is 18.0. The molecule has 0 spiro atoms. The number of hydrogen-bond acceptors (Lipinski definition) is 2. The summed E-state index contributed by atoms with van der Waals surface area (Å²) in [4.78, 5) is 14.6. The summed E-state index contributed by atoms with van der Waals surface area (Å²) < 4.78 is 0. The third-order valence-electron chi connectivity index (χ3n) is 4.53. The maximum absolute atomic E-state index is 12.6. The quantitative estimate of drug-likeness (QED) is 0.935. The van der Waals surface area contributed by atoms with E-state index in [2.05, 4.69) is 17.4 Å². The van der Waals surface area contributed by atoms with Crippen molar-refractivity contribution in [3.63, 3.8) is 0 Å². The minimum absolute atomic E-state index is 0.00820. The molecule has 3 rings (SSSR count). The number of amides is 1. The summed E-state index contributed by atoms with van der Waals surface area (Å²) >= 11 is 0. The van der Waals surface area contributed by atoms with Crippen LogP contribution in [0, 0.1) is 0 Å². The molecule has 0 heterocycles. The van der Waals surface area contributed by atoms with Gasteiger partial charge >= 0.3 is 0 Å². The van der Waals surface area contributed by atoms with E-state index in [-0.39, 0.29) is 11.4 Å². The molecular formula is C19H22N2O. The van der Waals surface area contributed by atoms with Crippen LogP contribution in [0.15, 0.2) is 54.6 Å². The zero-order valence-corrected chi connectivity index (χ0v) is 13.2. The summed E-state index contributed by atoms with van der Waals surface area (Å²) in [5, 5.41) is 3.26. The largest absolute Gasteiger partial charge is 0.378 e. The Hall–Kier alpha value is -2.29. The van der Waals surface area contributed by atoms with Gasteiger partial charge in [-0.25, -0.2) is 0 Å². The number of anilines is 1. The van der Waals surface area contributed by atoms with Crippen molar-refractivity contribution < 1.29 is 4.79 Å². The highest BCUT2D eigenvalue weighted by Gasteiger charge is 2.39. The first-order valence-corrected chi connectivity index (χ1v) is 7.76. The average Bonchev–Trinajstić information content (AvgIpc) is 2.51. The van der Waals surface area contributed by atoms with Gasteiger partial charge < -0.3 is 10.2 Å². The van der Waals surface area contributed by atoms with Crippen LogP contribution in [-0.4, -0.2) is 20.0 Å². The summed E-state index contributed by atoms with van der Waals surface area (Å²) in [5.41, 5.74) is 2.84. The highest BCUT2D eigenvalue weighted by atomic mass is 16.1. The zero-order chi connectivity index (χ0) is 15.6. The normalized spacial score (nSPS) is 15.7. The minimum atomic E-state index is -0.182. The van der Waals surface area contributed by atoms with Gasteiger partial charge in [-0.15, -0.1) is 0 Å². The van der Waals surface area contributed by atoms with Crippen LogP contribution in [0.3, 0.4) is 0 Å². The molecule has 3 heteroatoms. The molecule has 0 atom stereocenters. The molecule has 1 amide bonds.